The van der Waals surface area contributed by atoms with Gasteiger partial charge in [0.2, 0.25) is 0 Å². The highest BCUT2D eigenvalue weighted by molar-refractivity contribution is 5.91. The van der Waals surface area contributed by atoms with E-state index in [1.165, 1.54) is 14.0 Å². The highest BCUT2D eigenvalue weighted by atomic mass is 16.5. The van der Waals surface area contributed by atoms with E-state index >= 15 is 0 Å². The van der Waals surface area contributed by atoms with Crippen LogP contribution in [0.3, 0.4) is 0 Å². The van der Waals surface area contributed by atoms with Crippen LogP contribution >= 0.6 is 0 Å². The molecule has 0 rings (SSSR count). The predicted octanol–water partition coefficient (Wildman–Crippen LogP) is 0.992. The molecule has 0 atom stereocenters. The van der Waals surface area contributed by atoms with Gasteiger partial charge in [-0.1, -0.05) is 6.08 Å². The molecule has 0 amide bonds. The standard InChI is InChI=1S/C12H18O6/c1-9(8-18-10(2)13)5-4-6-17-12(15)7-11(14)16-3/h5H,4,6-8H2,1-3H3/b9-5+. The topological polar surface area (TPSA) is 78.9 Å². The monoisotopic (exact) mass is 258 g/mol. The molecule has 0 aliphatic carbocycles. The summed E-state index contributed by atoms with van der Waals surface area (Å²) in [6, 6.07) is 0. The van der Waals surface area contributed by atoms with Crippen molar-refractivity contribution in [2.75, 3.05) is 20.3 Å². The number of ether oxygens (including phenoxy) is 3. The third-order valence-corrected chi connectivity index (χ3v) is 1.89. The van der Waals surface area contributed by atoms with Gasteiger partial charge in [-0.2, -0.15) is 0 Å². The van der Waals surface area contributed by atoms with E-state index in [9.17, 15) is 14.4 Å². The maximum absolute atomic E-state index is 11.1. The smallest absolute Gasteiger partial charge is 0.317 e. The molecule has 6 nitrogen and oxygen atoms in total. The number of esters is 3. The lowest BCUT2D eigenvalue weighted by Crippen LogP contribution is -2.12. The van der Waals surface area contributed by atoms with E-state index in [0.29, 0.717) is 6.42 Å². The molecule has 0 aromatic heterocycles. The van der Waals surface area contributed by atoms with Gasteiger partial charge in [-0.25, -0.2) is 0 Å². The van der Waals surface area contributed by atoms with Gasteiger partial charge >= 0.3 is 17.9 Å². The summed E-state index contributed by atoms with van der Waals surface area (Å²) in [4.78, 5) is 32.3. The van der Waals surface area contributed by atoms with Crippen LogP contribution in [0.5, 0.6) is 0 Å². The van der Waals surface area contributed by atoms with E-state index in [4.69, 9.17) is 9.47 Å². The van der Waals surface area contributed by atoms with Crippen LogP contribution in [0.25, 0.3) is 0 Å². The Morgan fingerprint density at radius 1 is 1.06 bits per heavy atom. The Bertz CT molecular complexity index is 331. The fourth-order valence-corrected chi connectivity index (χ4v) is 0.994. The van der Waals surface area contributed by atoms with Crippen molar-refractivity contribution in [3.05, 3.63) is 11.6 Å². The van der Waals surface area contributed by atoms with E-state index in [1.807, 2.05) is 0 Å². The molecule has 0 fully saturated rings. The zero-order chi connectivity index (χ0) is 14.0. The van der Waals surface area contributed by atoms with Gasteiger partial charge in [0.25, 0.3) is 0 Å². The molecule has 0 saturated carbocycles. The molecule has 102 valence electrons. The minimum absolute atomic E-state index is 0.174. The predicted molar refractivity (Wildman–Crippen MR) is 62.6 cm³/mol. The van der Waals surface area contributed by atoms with Crippen molar-refractivity contribution in [2.45, 2.75) is 26.7 Å². The molecule has 0 spiro atoms. The van der Waals surface area contributed by atoms with Gasteiger partial charge in [0.15, 0.2) is 0 Å². The summed E-state index contributed by atoms with van der Waals surface area (Å²) in [5.41, 5.74) is 0.870. The Balaban J connectivity index is 3.71. The lowest BCUT2D eigenvalue weighted by atomic mass is 10.2. The van der Waals surface area contributed by atoms with Crippen LogP contribution in [-0.2, 0) is 28.6 Å². The number of hydrogen-bond acceptors (Lipinski definition) is 6. The summed E-state index contributed by atoms with van der Waals surface area (Å²) >= 11 is 0. The van der Waals surface area contributed by atoms with Crippen molar-refractivity contribution in [3.8, 4) is 0 Å². The van der Waals surface area contributed by atoms with Gasteiger partial charge in [-0.05, 0) is 18.9 Å². The molecule has 0 radical (unpaired) electrons. The Hall–Kier alpha value is -1.85. The fourth-order valence-electron chi connectivity index (χ4n) is 0.994. The molecule has 0 heterocycles. The van der Waals surface area contributed by atoms with Gasteiger partial charge in [0.05, 0.1) is 13.7 Å². The SMILES string of the molecule is COC(=O)CC(=O)OCC/C=C(\C)COC(C)=O. The van der Waals surface area contributed by atoms with Crippen LogP contribution in [-0.4, -0.2) is 38.2 Å². The third kappa shape index (κ3) is 9.38. The number of carbonyl (C=O) groups is 3. The highest BCUT2D eigenvalue weighted by Crippen LogP contribution is 1.98. The van der Waals surface area contributed by atoms with E-state index in [-0.39, 0.29) is 25.6 Å². The lowest BCUT2D eigenvalue weighted by molar-refractivity contribution is -0.152. The first-order chi connectivity index (χ1) is 8.45. The quantitative estimate of drug-likeness (QED) is 0.223. The van der Waals surface area contributed by atoms with Crippen LogP contribution in [0, 0.1) is 0 Å². The zero-order valence-corrected chi connectivity index (χ0v) is 10.9. The summed E-state index contributed by atoms with van der Waals surface area (Å²) in [6.45, 7) is 3.54. The van der Waals surface area contributed by atoms with Crippen LogP contribution < -0.4 is 0 Å². The van der Waals surface area contributed by atoms with Crippen LogP contribution in [0.2, 0.25) is 0 Å². The van der Waals surface area contributed by atoms with Crippen LogP contribution in [0.4, 0.5) is 0 Å². The molecule has 0 bridgehead atoms. The van der Waals surface area contributed by atoms with Gasteiger partial charge < -0.3 is 14.2 Å². The molecule has 0 aliphatic heterocycles. The van der Waals surface area contributed by atoms with Gasteiger partial charge in [-0.3, -0.25) is 14.4 Å². The highest BCUT2D eigenvalue weighted by Gasteiger charge is 2.09. The molecule has 0 aliphatic rings. The first-order valence-corrected chi connectivity index (χ1v) is 5.47. The maximum atomic E-state index is 11.1. The van der Waals surface area contributed by atoms with Gasteiger partial charge in [0.1, 0.15) is 13.0 Å². The van der Waals surface area contributed by atoms with Crippen molar-refractivity contribution in [1.82, 2.24) is 0 Å². The molecule has 0 unspecified atom stereocenters. The summed E-state index contributed by atoms with van der Waals surface area (Å²) in [6.07, 6.45) is 1.92. The molecular weight excluding hydrogens is 240 g/mol. The Kier molecular flexibility index (Phi) is 8.26. The first kappa shape index (κ1) is 16.1. The van der Waals surface area contributed by atoms with E-state index in [1.54, 1.807) is 13.0 Å². The molecule has 0 saturated heterocycles. The van der Waals surface area contributed by atoms with Crippen molar-refractivity contribution in [1.29, 1.82) is 0 Å². The largest absolute Gasteiger partial charge is 0.469 e. The number of rotatable bonds is 7. The lowest BCUT2D eigenvalue weighted by Gasteiger charge is -2.04. The minimum atomic E-state index is -0.624. The second-order valence-electron chi connectivity index (χ2n) is 3.59. The molecule has 6 heteroatoms. The second-order valence-corrected chi connectivity index (χ2v) is 3.59. The van der Waals surface area contributed by atoms with E-state index in [2.05, 4.69) is 4.74 Å². The van der Waals surface area contributed by atoms with Crippen molar-refractivity contribution in [3.63, 3.8) is 0 Å². The average molecular weight is 258 g/mol. The normalized spacial score (nSPS) is 10.7. The molecule has 0 aromatic rings. The van der Waals surface area contributed by atoms with Crippen LogP contribution in [0.1, 0.15) is 26.7 Å². The summed E-state index contributed by atoms with van der Waals surface area (Å²) in [5, 5.41) is 0. The third-order valence-electron chi connectivity index (χ3n) is 1.89. The maximum Gasteiger partial charge on any atom is 0.317 e. The van der Waals surface area contributed by atoms with E-state index < -0.39 is 11.9 Å². The molecular formula is C12H18O6. The fraction of sp³-hybridized carbons (Fsp3) is 0.583. The Labute approximate surface area is 106 Å². The van der Waals surface area contributed by atoms with Gasteiger partial charge in [0, 0.05) is 6.92 Å². The van der Waals surface area contributed by atoms with Crippen LogP contribution in [0.15, 0.2) is 11.6 Å². The number of carbonyl (C=O) groups excluding carboxylic acids is 3. The average Bonchev–Trinajstić information content (AvgIpc) is 2.31. The number of hydrogen-bond donors (Lipinski definition) is 0. The van der Waals surface area contributed by atoms with Crippen molar-refractivity contribution in [2.24, 2.45) is 0 Å². The Morgan fingerprint density at radius 2 is 1.72 bits per heavy atom. The Morgan fingerprint density at radius 3 is 2.28 bits per heavy atom. The van der Waals surface area contributed by atoms with Crippen molar-refractivity contribution < 1.29 is 28.6 Å². The van der Waals surface area contributed by atoms with Gasteiger partial charge in [-0.15, -0.1) is 0 Å². The summed E-state index contributed by atoms with van der Waals surface area (Å²) < 4.78 is 13.9. The molecule has 18 heavy (non-hydrogen) atoms. The summed E-state index contributed by atoms with van der Waals surface area (Å²) in [5.74, 6) is -1.58. The second kappa shape index (κ2) is 9.21. The van der Waals surface area contributed by atoms with E-state index in [0.717, 1.165) is 5.57 Å². The van der Waals surface area contributed by atoms with Crippen molar-refractivity contribution >= 4 is 17.9 Å². The first-order valence-electron chi connectivity index (χ1n) is 5.47. The zero-order valence-electron chi connectivity index (χ0n) is 10.9. The minimum Gasteiger partial charge on any atom is -0.469 e. The molecule has 0 aromatic carbocycles. The number of methoxy groups -OCH3 is 1. The molecule has 0 N–H and O–H groups in total. The summed E-state index contributed by atoms with van der Waals surface area (Å²) in [7, 11) is 1.21.